The van der Waals surface area contributed by atoms with Gasteiger partial charge in [0.15, 0.2) is 6.10 Å². The van der Waals surface area contributed by atoms with Crippen LogP contribution in [0.4, 0.5) is 10.1 Å². The lowest BCUT2D eigenvalue weighted by atomic mass is 9.94. The Balaban J connectivity index is 1.41. The van der Waals surface area contributed by atoms with E-state index < -0.39 is 67.1 Å². The summed E-state index contributed by atoms with van der Waals surface area (Å²) in [6.45, 7) is 4.02. The molecule has 53 heavy (non-hydrogen) atoms. The number of aliphatic hydroxyl groups is 5. The fraction of sp³-hybridized carbons (Fsp3) is 0.359. The zero-order valence-electron chi connectivity index (χ0n) is 29.1. The first-order chi connectivity index (χ1) is 25.3. The first kappa shape index (κ1) is 39.3. The third-order valence-corrected chi connectivity index (χ3v) is 8.98. The number of carbonyl (C=O) groups is 3. The molecule has 2 heterocycles. The van der Waals surface area contributed by atoms with Crippen LogP contribution in [0.2, 0.25) is 0 Å². The molecule has 7 atom stereocenters. The number of anilines is 1. The number of benzene rings is 3. The van der Waals surface area contributed by atoms with Gasteiger partial charge in [0.1, 0.15) is 24.1 Å². The van der Waals surface area contributed by atoms with Gasteiger partial charge in [-0.15, -0.1) is 0 Å². The number of nitrogens with zero attached hydrogens (tertiary/aromatic N) is 1. The average Bonchev–Trinajstić information content (AvgIpc) is 3.47. The maximum Gasteiger partial charge on any atom is 0.335 e. The predicted molar refractivity (Wildman–Crippen MR) is 190 cm³/mol. The molecular formula is C39H43FN2O11. The third-order valence-electron chi connectivity index (χ3n) is 8.98. The molecule has 14 heteroatoms. The number of aliphatic carboxylic acids is 1. The number of ether oxygens (including phenoxy) is 2. The molecule has 3 aromatic carbocycles. The predicted octanol–water partition coefficient (Wildman–Crippen LogP) is 3.66. The van der Waals surface area contributed by atoms with Crippen molar-refractivity contribution < 1.29 is 58.9 Å². The highest BCUT2D eigenvalue weighted by Gasteiger charge is 2.48. The third kappa shape index (κ3) is 9.16. The van der Waals surface area contributed by atoms with E-state index >= 15 is 0 Å². The Hall–Kier alpha value is -4.96. The maximum atomic E-state index is 14.2. The molecule has 0 saturated carbocycles. The number of amides is 1. The molecule has 0 bridgehead atoms. The number of carboxylic acids is 1. The molecule has 282 valence electrons. The first-order valence-electron chi connectivity index (χ1n) is 17.2. The quantitative estimate of drug-likeness (QED) is 0.0931. The standard InChI is InChI=1S/C39H43FN2O11/c1-21(2)31-30(37(49)41-25-11-7-4-8-12-25)29(22-9-5-3-6-10-22)32(23-13-15-24(40)16-14-23)42(31)18-17-26(43)19-27(44)20-28(45)52-39-35(48)33(46)34(47)36(53-39)38(50)51/h3-16,21,26-27,33-36,39,43-44,46-48H,17-20H2,1-2H3,(H,41,49)(H,50,51)/t26-,27-,33-,34-,35+,36-,39+/m1/s1. The van der Waals surface area contributed by atoms with Gasteiger partial charge in [-0.1, -0.05) is 62.4 Å². The normalized spacial score (nSPS) is 21.2. The maximum absolute atomic E-state index is 14.2. The van der Waals surface area contributed by atoms with Crippen molar-refractivity contribution in [1.29, 1.82) is 0 Å². The second-order valence-corrected chi connectivity index (χ2v) is 13.2. The van der Waals surface area contributed by atoms with Crippen LogP contribution in [0.25, 0.3) is 22.4 Å². The molecule has 1 aliphatic heterocycles. The summed E-state index contributed by atoms with van der Waals surface area (Å²) in [5.74, 6) is -3.78. The molecule has 1 fully saturated rings. The number of aromatic nitrogens is 1. The van der Waals surface area contributed by atoms with Crippen molar-refractivity contribution in [2.75, 3.05) is 5.32 Å². The number of aliphatic hydroxyl groups excluding tert-OH is 5. The Morgan fingerprint density at radius 1 is 0.849 bits per heavy atom. The Kier molecular flexibility index (Phi) is 12.8. The van der Waals surface area contributed by atoms with Crippen LogP contribution >= 0.6 is 0 Å². The number of halogens is 1. The lowest BCUT2D eigenvalue weighted by molar-refractivity contribution is -0.286. The van der Waals surface area contributed by atoms with Crippen LogP contribution in [0, 0.1) is 5.82 Å². The Bertz CT molecular complexity index is 1870. The largest absolute Gasteiger partial charge is 0.479 e. The summed E-state index contributed by atoms with van der Waals surface area (Å²) in [5, 5.41) is 64.0. The minimum absolute atomic E-state index is 0.0531. The van der Waals surface area contributed by atoms with Crippen molar-refractivity contribution in [3.05, 3.63) is 102 Å². The van der Waals surface area contributed by atoms with Crippen molar-refractivity contribution in [2.45, 2.75) is 88.5 Å². The van der Waals surface area contributed by atoms with Gasteiger partial charge in [0.25, 0.3) is 5.91 Å². The summed E-state index contributed by atoms with van der Waals surface area (Å²) in [6, 6.07) is 24.2. The van der Waals surface area contributed by atoms with E-state index in [1.54, 1.807) is 36.4 Å². The Morgan fingerprint density at radius 3 is 2.08 bits per heavy atom. The van der Waals surface area contributed by atoms with Gasteiger partial charge in [-0.05, 0) is 66.3 Å². The number of rotatable bonds is 14. The molecule has 4 aromatic rings. The Morgan fingerprint density at radius 2 is 1.47 bits per heavy atom. The smallest absolute Gasteiger partial charge is 0.335 e. The van der Waals surface area contributed by atoms with E-state index in [2.05, 4.69) is 5.32 Å². The van der Waals surface area contributed by atoms with Gasteiger partial charge in [-0.3, -0.25) is 9.59 Å². The molecule has 13 nitrogen and oxygen atoms in total. The van der Waals surface area contributed by atoms with Crippen LogP contribution in [0.5, 0.6) is 0 Å². The molecule has 0 spiro atoms. The molecule has 0 unspecified atom stereocenters. The van der Waals surface area contributed by atoms with E-state index in [1.807, 2.05) is 54.8 Å². The SMILES string of the molecule is CC(C)c1c(C(=O)Nc2ccccc2)c(-c2ccccc2)c(-c2ccc(F)cc2)n1CC[C@@H](O)C[C@@H](O)CC(=O)O[C@H]1O[C@@H](C(=O)O)[C@H](O)[C@@H](O)[C@@H]1O. The van der Waals surface area contributed by atoms with Gasteiger partial charge in [0.2, 0.25) is 6.29 Å². The van der Waals surface area contributed by atoms with Crippen molar-refractivity contribution in [1.82, 2.24) is 4.57 Å². The number of hydrogen-bond acceptors (Lipinski definition) is 10. The molecule has 0 radical (unpaired) electrons. The number of carboxylic acid groups (broad SMARTS) is 1. The van der Waals surface area contributed by atoms with Gasteiger partial charge in [-0.2, -0.15) is 0 Å². The lowest BCUT2D eigenvalue weighted by Gasteiger charge is -2.38. The highest BCUT2D eigenvalue weighted by atomic mass is 19.1. The van der Waals surface area contributed by atoms with Crippen molar-refractivity contribution >= 4 is 23.5 Å². The zero-order valence-corrected chi connectivity index (χ0v) is 29.1. The summed E-state index contributed by atoms with van der Waals surface area (Å²) in [4.78, 5) is 38.2. The summed E-state index contributed by atoms with van der Waals surface area (Å²) in [5.41, 5.74) is 4.24. The van der Waals surface area contributed by atoms with Gasteiger partial charge in [0, 0.05) is 23.5 Å². The molecule has 1 aromatic heterocycles. The number of para-hydroxylation sites is 1. The van der Waals surface area contributed by atoms with E-state index in [-0.39, 0.29) is 31.2 Å². The first-order valence-corrected chi connectivity index (χ1v) is 17.2. The van der Waals surface area contributed by atoms with Crippen molar-refractivity contribution in [3.63, 3.8) is 0 Å². The molecule has 7 N–H and O–H groups in total. The van der Waals surface area contributed by atoms with E-state index in [1.165, 1.54) is 12.1 Å². The fourth-order valence-electron chi connectivity index (χ4n) is 6.52. The van der Waals surface area contributed by atoms with Gasteiger partial charge in [0.05, 0.1) is 29.9 Å². The highest BCUT2D eigenvalue weighted by molar-refractivity contribution is 6.12. The minimum Gasteiger partial charge on any atom is -0.479 e. The molecule has 1 aliphatic rings. The molecule has 0 aliphatic carbocycles. The van der Waals surface area contributed by atoms with Crippen LogP contribution in [-0.4, -0.2) is 96.0 Å². The van der Waals surface area contributed by atoms with E-state index in [0.717, 1.165) is 5.56 Å². The Labute approximate surface area is 304 Å². The molecule has 1 saturated heterocycles. The topological polar surface area (TPSA) is 208 Å². The molecular weight excluding hydrogens is 691 g/mol. The van der Waals surface area contributed by atoms with Crippen molar-refractivity contribution in [2.24, 2.45) is 0 Å². The molecule has 1 amide bonds. The molecule has 5 rings (SSSR count). The van der Waals surface area contributed by atoms with Crippen LogP contribution < -0.4 is 5.32 Å². The van der Waals surface area contributed by atoms with Gasteiger partial charge < -0.3 is 50.0 Å². The van der Waals surface area contributed by atoms with E-state index in [9.17, 15) is 49.4 Å². The van der Waals surface area contributed by atoms with Gasteiger partial charge >= 0.3 is 11.9 Å². The monoisotopic (exact) mass is 734 g/mol. The van der Waals surface area contributed by atoms with Gasteiger partial charge in [-0.25, -0.2) is 9.18 Å². The summed E-state index contributed by atoms with van der Waals surface area (Å²) in [7, 11) is 0. The summed E-state index contributed by atoms with van der Waals surface area (Å²) >= 11 is 0. The second kappa shape index (κ2) is 17.2. The highest BCUT2D eigenvalue weighted by Crippen LogP contribution is 2.42. The fourth-order valence-corrected chi connectivity index (χ4v) is 6.52. The lowest BCUT2D eigenvalue weighted by Crippen LogP contribution is -2.60. The van der Waals surface area contributed by atoms with E-state index in [4.69, 9.17) is 9.47 Å². The number of hydrogen-bond donors (Lipinski definition) is 7. The van der Waals surface area contributed by atoms with E-state index in [0.29, 0.717) is 33.8 Å². The van der Waals surface area contributed by atoms with Crippen LogP contribution in [0.15, 0.2) is 84.9 Å². The van der Waals surface area contributed by atoms with Crippen LogP contribution in [0.1, 0.15) is 55.1 Å². The van der Waals surface area contributed by atoms with Crippen LogP contribution in [-0.2, 0) is 25.6 Å². The number of nitrogens with one attached hydrogen (secondary N) is 1. The minimum atomic E-state index is -1.98. The zero-order chi connectivity index (χ0) is 38.4. The van der Waals surface area contributed by atoms with Crippen LogP contribution in [0.3, 0.4) is 0 Å². The number of esters is 1. The number of carbonyl (C=O) groups excluding carboxylic acids is 2. The second-order valence-electron chi connectivity index (χ2n) is 13.2. The van der Waals surface area contributed by atoms with Crippen molar-refractivity contribution in [3.8, 4) is 22.4 Å². The average molecular weight is 735 g/mol. The summed E-state index contributed by atoms with van der Waals surface area (Å²) < 4.78 is 26.0. The summed E-state index contributed by atoms with van der Waals surface area (Å²) in [6.07, 6.45) is -13.4.